The zero-order chi connectivity index (χ0) is 21.5. The van der Waals surface area contributed by atoms with Crippen LogP contribution in [-0.4, -0.2) is 51.5 Å². The molecule has 0 atom stereocenters. The highest BCUT2D eigenvalue weighted by Crippen LogP contribution is 2.21. The highest BCUT2D eigenvalue weighted by Gasteiger charge is 2.15. The molecule has 158 valence electrons. The first-order valence-electron chi connectivity index (χ1n) is 9.86. The van der Waals surface area contributed by atoms with Crippen molar-refractivity contribution in [3.63, 3.8) is 0 Å². The van der Waals surface area contributed by atoms with E-state index in [2.05, 4.69) is 29.0 Å². The Labute approximate surface area is 174 Å². The Balaban J connectivity index is 1.71. The predicted octanol–water partition coefficient (Wildman–Crippen LogP) is 3.30. The number of ether oxygens (including phenoxy) is 1. The molecule has 0 radical (unpaired) electrons. The van der Waals surface area contributed by atoms with Crippen LogP contribution >= 0.6 is 0 Å². The molecule has 2 aromatic carbocycles. The van der Waals surface area contributed by atoms with E-state index in [9.17, 15) is 14.9 Å². The molecule has 3 rings (SSSR count). The van der Waals surface area contributed by atoms with Crippen LogP contribution in [0, 0.1) is 10.1 Å². The number of hydrogen-bond donors (Lipinski definition) is 1. The summed E-state index contributed by atoms with van der Waals surface area (Å²) in [4.78, 5) is 29.6. The summed E-state index contributed by atoms with van der Waals surface area (Å²) >= 11 is 0. The summed E-state index contributed by atoms with van der Waals surface area (Å²) in [6.45, 7) is 7.36. The van der Waals surface area contributed by atoms with Crippen LogP contribution in [0.4, 0.5) is 11.6 Å². The number of imidazole rings is 1. The first kappa shape index (κ1) is 21.3. The lowest BCUT2D eigenvalue weighted by atomic mass is 10.3. The van der Waals surface area contributed by atoms with Gasteiger partial charge in [-0.3, -0.25) is 20.2 Å². The van der Waals surface area contributed by atoms with Gasteiger partial charge < -0.3 is 14.2 Å². The van der Waals surface area contributed by atoms with Crippen LogP contribution in [-0.2, 0) is 11.3 Å². The van der Waals surface area contributed by atoms with Crippen molar-refractivity contribution in [2.45, 2.75) is 20.4 Å². The van der Waals surface area contributed by atoms with Crippen LogP contribution in [0.25, 0.3) is 11.0 Å². The van der Waals surface area contributed by atoms with E-state index in [0.717, 1.165) is 30.7 Å². The van der Waals surface area contributed by atoms with Crippen molar-refractivity contribution in [1.82, 2.24) is 14.5 Å². The topological polar surface area (TPSA) is 103 Å². The molecule has 3 aromatic rings. The minimum absolute atomic E-state index is 0.0916. The van der Waals surface area contributed by atoms with E-state index in [0.29, 0.717) is 12.5 Å². The van der Waals surface area contributed by atoms with E-state index in [1.807, 2.05) is 28.8 Å². The number of non-ortho nitro benzene ring substituents is 1. The molecule has 0 unspecified atom stereocenters. The van der Waals surface area contributed by atoms with Crippen molar-refractivity contribution >= 4 is 28.6 Å². The molecule has 0 fully saturated rings. The number of likely N-dealkylation sites (N-methyl/N-ethyl adjacent to an activating group) is 1. The van der Waals surface area contributed by atoms with E-state index in [-0.39, 0.29) is 24.0 Å². The summed E-state index contributed by atoms with van der Waals surface area (Å²) in [7, 11) is 0. The fourth-order valence-electron chi connectivity index (χ4n) is 3.18. The van der Waals surface area contributed by atoms with Gasteiger partial charge in [0.25, 0.3) is 11.6 Å². The Bertz CT molecular complexity index is 1030. The average Bonchev–Trinajstić information content (AvgIpc) is 3.10. The third kappa shape index (κ3) is 5.12. The molecule has 0 aliphatic rings. The second kappa shape index (κ2) is 9.84. The van der Waals surface area contributed by atoms with Gasteiger partial charge in [-0.15, -0.1) is 0 Å². The molecule has 9 nitrogen and oxygen atoms in total. The Morgan fingerprint density at radius 3 is 2.70 bits per heavy atom. The monoisotopic (exact) mass is 411 g/mol. The van der Waals surface area contributed by atoms with Gasteiger partial charge in [0.15, 0.2) is 6.61 Å². The van der Waals surface area contributed by atoms with Gasteiger partial charge >= 0.3 is 0 Å². The van der Waals surface area contributed by atoms with Crippen LogP contribution in [0.2, 0.25) is 0 Å². The van der Waals surface area contributed by atoms with E-state index >= 15 is 0 Å². The Kier molecular flexibility index (Phi) is 6.97. The van der Waals surface area contributed by atoms with Gasteiger partial charge in [-0.05, 0) is 31.3 Å². The zero-order valence-corrected chi connectivity index (χ0v) is 17.1. The molecule has 1 amide bonds. The maximum absolute atomic E-state index is 12.5. The Hall–Kier alpha value is -3.46. The lowest BCUT2D eigenvalue weighted by Crippen LogP contribution is -2.28. The average molecular weight is 411 g/mol. The first-order valence-corrected chi connectivity index (χ1v) is 9.86. The van der Waals surface area contributed by atoms with Gasteiger partial charge in [0.2, 0.25) is 5.95 Å². The molecule has 1 N–H and O–H groups in total. The lowest BCUT2D eigenvalue weighted by molar-refractivity contribution is -0.384. The molecule has 0 bridgehead atoms. The number of rotatable bonds is 10. The number of amides is 1. The van der Waals surface area contributed by atoms with Crippen LogP contribution in [0.5, 0.6) is 5.75 Å². The normalized spacial score (nSPS) is 11.0. The Morgan fingerprint density at radius 1 is 1.20 bits per heavy atom. The number of nitrogens with zero attached hydrogens (tertiary/aromatic N) is 4. The van der Waals surface area contributed by atoms with Crippen molar-refractivity contribution in [3.05, 3.63) is 58.6 Å². The molecule has 0 spiro atoms. The number of nitrogens with one attached hydrogen (secondary N) is 1. The van der Waals surface area contributed by atoms with E-state index in [1.165, 1.54) is 18.2 Å². The molecule has 1 heterocycles. The standard InChI is InChI=1S/C21H25N5O4/c1-3-24(4-2)12-13-25-19-11-6-5-10-18(19)22-21(25)23-20(27)15-30-17-9-7-8-16(14-17)26(28)29/h5-11,14H,3-4,12-13,15H2,1-2H3,(H,22,23,27). The first-order chi connectivity index (χ1) is 14.5. The van der Waals surface area contributed by atoms with Gasteiger partial charge in [0.1, 0.15) is 5.75 Å². The smallest absolute Gasteiger partial charge is 0.273 e. The highest BCUT2D eigenvalue weighted by atomic mass is 16.6. The van der Waals surface area contributed by atoms with E-state index in [4.69, 9.17) is 4.74 Å². The molecule has 0 saturated carbocycles. The number of carbonyl (C=O) groups excluding carboxylic acids is 1. The molecule has 9 heteroatoms. The summed E-state index contributed by atoms with van der Waals surface area (Å²) in [5, 5.41) is 13.7. The third-order valence-electron chi connectivity index (χ3n) is 4.84. The lowest BCUT2D eigenvalue weighted by Gasteiger charge is -2.19. The van der Waals surface area contributed by atoms with E-state index in [1.54, 1.807) is 6.07 Å². The van der Waals surface area contributed by atoms with Crippen LogP contribution in [0.3, 0.4) is 0 Å². The number of benzene rings is 2. The minimum Gasteiger partial charge on any atom is -0.484 e. The fraction of sp³-hybridized carbons (Fsp3) is 0.333. The maximum atomic E-state index is 12.5. The van der Waals surface area contributed by atoms with Gasteiger partial charge in [-0.1, -0.05) is 32.0 Å². The predicted molar refractivity (Wildman–Crippen MR) is 115 cm³/mol. The molecular formula is C21H25N5O4. The molecule has 0 aliphatic carbocycles. The summed E-state index contributed by atoms with van der Waals surface area (Å²) < 4.78 is 7.40. The molecule has 30 heavy (non-hydrogen) atoms. The van der Waals surface area contributed by atoms with Gasteiger partial charge in [-0.2, -0.15) is 0 Å². The second-order valence-corrected chi connectivity index (χ2v) is 6.69. The van der Waals surface area contributed by atoms with Crippen molar-refractivity contribution in [3.8, 4) is 5.75 Å². The summed E-state index contributed by atoms with van der Waals surface area (Å²) in [6.07, 6.45) is 0. The SMILES string of the molecule is CCN(CC)CCn1c(NC(=O)COc2cccc([N+](=O)[O-])c2)nc2ccccc21. The van der Waals surface area contributed by atoms with Crippen molar-refractivity contribution in [2.24, 2.45) is 0 Å². The second-order valence-electron chi connectivity index (χ2n) is 6.69. The van der Waals surface area contributed by atoms with Gasteiger partial charge in [0.05, 0.1) is 22.0 Å². The fourth-order valence-corrected chi connectivity index (χ4v) is 3.18. The van der Waals surface area contributed by atoms with E-state index < -0.39 is 4.92 Å². The van der Waals surface area contributed by atoms with Crippen molar-refractivity contribution in [2.75, 3.05) is 31.6 Å². The molecule has 0 saturated heterocycles. The number of carbonyl (C=O) groups is 1. The zero-order valence-electron chi connectivity index (χ0n) is 17.1. The van der Waals surface area contributed by atoms with Gasteiger partial charge in [0, 0.05) is 19.2 Å². The quantitative estimate of drug-likeness (QED) is 0.406. The number of anilines is 1. The largest absolute Gasteiger partial charge is 0.484 e. The number of nitro groups is 1. The minimum atomic E-state index is -0.509. The summed E-state index contributed by atoms with van der Waals surface area (Å²) in [5.41, 5.74) is 1.65. The summed E-state index contributed by atoms with van der Waals surface area (Å²) in [5.74, 6) is 0.325. The molecule has 0 aliphatic heterocycles. The number of para-hydroxylation sites is 2. The van der Waals surface area contributed by atoms with Gasteiger partial charge in [-0.25, -0.2) is 4.98 Å². The van der Waals surface area contributed by atoms with Crippen LogP contribution in [0.15, 0.2) is 48.5 Å². The maximum Gasteiger partial charge on any atom is 0.273 e. The number of aromatic nitrogens is 2. The number of nitro benzene ring substituents is 1. The number of fused-ring (bicyclic) bond motifs is 1. The number of hydrogen-bond acceptors (Lipinski definition) is 6. The summed E-state index contributed by atoms with van der Waals surface area (Å²) in [6, 6.07) is 13.4. The van der Waals surface area contributed by atoms with Crippen molar-refractivity contribution in [1.29, 1.82) is 0 Å². The van der Waals surface area contributed by atoms with Crippen LogP contribution < -0.4 is 10.1 Å². The molecule has 1 aromatic heterocycles. The third-order valence-corrected chi connectivity index (χ3v) is 4.84. The van der Waals surface area contributed by atoms with Crippen LogP contribution in [0.1, 0.15) is 13.8 Å². The Morgan fingerprint density at radius 2 is 1.97 bits per heavy atom. The van der Waals surface area contributed by atoms with Crippen molar-refractivity contribution < 1.29 is 14.5 Å². The highest BCUT2D eigenvalue weighted by molar-refractivity contribution is 5.92. The molecular weight excluding hydrogens is 386 g/mol.